The lowest BCUT2D eigenvalue weighted by molar-refractivity contribution is -0.114. The third-order valence-electron chi connectivity index (χ3n) is 6.12. The first-order valence-electron chi connectivity index (χ1n) is 10.6. The molecule has 0 saturated heterocycles. The molecule has 2 aromatic carbocycles. The highest BCUT2D eigenvalue weighted by Gasteiger charge is 2.32. The highest BCUT2D eigenvalue weighted by Crippen LogP contribution is 2.35. The van der Waals surface area contributed by atoms with Gasteiger partial charge in [-0.15, -0.1) is 0 Å². The second kappa shape index (κ2) is 9.11. The molecule has 0 radical (unpaired) electrons. The van der Waals surface area contributed by atoms with Crippen molar-refractivity contribution in [1.29, 1.82) is 0 Å². The molecule has 0 aromatic heterocycles. The quantitative estimate of drug-likeness (QED) is 0.592. The Morgan fingerprint density at radius 3 is 2.81 bits per heavy atom. The summed E-state index contributed by atoms with van der Waals surface area (Å²) < 4.78 is 5.29. The number of hydrogen-bond acceptors (Lipinski definition) is 4. The number of rotatable bonds is 6. The van der Waals surface area contributed by atoms with Gasteiger partial charge in [0.15, 0.2) is 11.6 Å². The van der Waals surface area contributed by atoms with Gasteiger partial charge < -0.3 is 9.64 Å². The number of hydrogen-bond donors (Lipinski definition) is 0. The number of benzene rings is 2. The van der Waals surface area contributed by atoms with Crippen molar-refractivity contribution in [1.82, 2.24) is 4.90 Å². The van der Waals surface area contributed by atoms with Crippen LogP contribution in [0.2, 0.25) is 5.02 Å². The fourth-order valence-corrected chi connectivity index (χ4v) is 4.71. The van der Waals surface area contributed by atoms with E-state index in [0.29, 0.717) is 18.0 Å². The van der Waals surface area contributed by atoms with E-state index in [4.69, 9.17) is 16.3 Å². The number of methoxy groups -OCH3 is 1. The van der Waals surface area contributed by atoms with Crippen LogP contribution in [0.3, 0.4) is 0 Å². The normalized spacial score (nSPS) is 20.3. The number of nitrogens with zero attached hydrogens (tertiary/aromatic N) is 1. The molecule has 0 amide bonds. The second-order valence-electron chi connectivity index (χ2n) is 8.25. The maximum atomic E-state index is 13.1. The molecule has 0 saturated carbocycles. The van der Waals surface area contributed by atoms with E-state index >= 15 is 0 Å². The second-order valence-corrected chi connectivity index (χ2v) is 8.69. The number of ketones is 2. The highest BCUT2D eigenvalue weighted by molar-refractivity contribution is 6.30. The van der Waals surface area contributed by atoms with Crippen molar-refractivity contribution in [2.75, 3.05) is 7.11 Å². The summed E-state index contributed by atoms with van der Waals surface area (Å²) in [5.41, 5.74) is 3.66. The number of allylic oxidation sites excluding steroid dienone is 2. The average Bonchev–Trinajstić information content (AvgIpc) is 2.76. The highest BCUT2D eigenvalue weighted by atomic mass is 35.5. The molecule has 0 spiro atoms. The minimum absolute atomic E-state index is 0.0406. The Bertz CT molecular complexity index is 1070. The van der Waals surface area contributed by atoms with Crippen LogP contribution < -0.4 is 4.74 Å². The van der Waals surface area contributed by atoms with Crippen molar-refractivity contribution in [2.24, 2.45) is 11.8 Å². The van der Waals surface area contributed by atoms with E-state index in [1.807, 2.05) is 59.8 Å². The van der Waals surface area contributed by atoms with Gasteiger partial charge in [-0.3, -0.25) is 9.59 Å². The number of fused-ring (bicyclic) bond motifs is 1. The Morgan fingerprint density at radius 2 is 2.06 bits per heavy atom. The molecule has 1 heterocycles. The standard InChI is InChI=1S/C26H26ClNO3/c1-17(29)25-16-28(15-18-4-3-5-22(27)12-18)11-10-20(25)13-21-7-6-19-14-23(31-2)8-9-24(19)26(21)30/h3-5,8-12,14,16,20-21H,6-7,13,15H2,1-2H3. The van der Waals surface area contributed by atoms with Crippen molar-refractivity contribution >= 4 is 23.2 Å². The lowest BCUT2D eigenvalue weighted by Gasteiger charge is -2.30. The van der Waals surface area contributed by atoms with Crippen LogP contribution in [0.4, 0.5) is 0 Å². The summed E-state index contributed by atoms with van der Waals surface area (Å²) in [7, 11) is 1.63. The van der Waals surface area contributed by atoms with Gasteiger partial charge in [-0.25, -0.2) is 0 Å². The first-order valence-corrected chi connectivity index (χ1v) is 10.9. The van der Waals surface area contributed by atoms with Crippen LogP contribution in [-0.2, 0) is 17.8 Å². The fourth-order valence-electron chi connectivity index (χ4n) is 4.49. The van der Waals surface area contributed by atoms with Gasteiger partial charge in [0.1, 0.15) is 5.75 Å². The number of carbonyl (C=O) groups excluding carboxylic acids is 2. The van der Waals surface area contributed by atoms with Gasteiger partial charge in [0, 0.05) is 46.9 Å². The minimum Gasteiger partial charge on any atom is -0.497 e. The van der Waals surface area contributed by atoms with Gasteiger partial charge in [0.25, 0.3) is 0 Å². The van der Waals surface area contributed by atoms with Crippen molar-refractivity contribution in [3.63, 3.8) is 0 Å². The Balaban J connectivity index is 1.49. The number of halogens is 1. The third-order valence-corrected chi connectivity index (χ3v) is 6.36. The Labute approximate surface area is 188 Å². The smallest absolute Gasteiger partial charge is 0.166 e. The molecule has 2 aliphatic rings. The van der Waals surface area contributed by atoms with Crippen molar-refractivity contribution in [2.45, 2.75) is 32.7 Å². The zero-order valence-electron chi connectivity index (χ0n) is 17.8. The van der Waals surface area contributed by atoms with E-state index < -0.39 is 0 Å². The number of carbonyl (C=O) groups is 2. The first kappa shape index (κ1) is 21.4. The molecule has 2 atom stereocenters. The van der Waals surface area contributed by atoms with Crippen LogP contribution in [0.1, 0.15) is 41.3 Å². The van der Waals surface area contributed by atoms with Gasteiger partial charge in [-0.05, 0) is 67.6 Å². The van der Waals surface area contributed by atoms with E-state index in [9.17, 15) is 9.59 Å². The summed E-state index contributed by atoms with van der Waals surface area (Å²) >= 11 is 6.09. The summed E-state index contributed by atoms with van der Waals surface area (Å²) in [5.74, 6) is 0.849. The summed E-state index contributed by atoms with van der Waals surface area (Å²) in [4.78, 5) is 27.5. The van der Waals surface area contributed by atoms with E-state index in [1.165, 1.54) is 0 Å². The summed E-state index contributed by atoms with van der Waals surface area (Å²) in [5, 5.41) is 0.695. The predicted octanol–water partition coefficient (Wildman–Crippen LogP) is 5.60. The maximum absolute atomic E-state index is 13.1. The largest absolute Gasteiger partial charge is 0.497 e. The van der Waals surface area contributed by atoms with Crippen LogP contribution in [0, 0.1) is 11.8 Å². The molecule has 1 aliphatic carbocycles. The van der Waals surface area contributed by atoms with Gasteiger partial charge in [-0.1, -0.05) is 29.8 Å². The lowest BCUT2D eigenvalue weighted by atomic mass is 9.76. The molecule has 4 nitrogen and oxygen atoms in total. The van der Waals surface area contributed by atoms with E-state index in [-0.39, 0.29) is 23.4 Å². The predicted molar refractivity (Wildman–Crippen MR) is 122 cm³/mol. The van der Waals surface area contributed by atoms with Gasteiger partial charge in [0.2, 0.25) is 0 Å². The van der Waals surface area contributed by atoms with Crippen LogP contribution >= 0.6 is 11.6 Å². The zero-order valence-corrected chi connectivity index (χ0v) is 18.6. The van der Waals surface area contributed by atoms with E-state index in [1.54, 1.807) is 14.0 Å². The number of aryl methyl sites for hydroxylation is 1. The minimum atomic E-state index is -0.0854. The monoisotopic (exact) mass is 435 g/mol. The average molecular weight is 436 g/mol. The maximum Gasteiger partial charge on any atom is 0.166 e. The van der Waals surface area contributed by atoms with E-state index in [0.717, 1.165) is 40.9 Å². The fraction of sp³-hybridized carbons (Fsp3) is 0.308. The van der Waals surface area contributed by atoms with E-state index in [2.05, 4.69) is 6.08 Å². The summed E-state index contributed by atoms with van der Waals surface area (Å²) in [6, 6.07) is 13.4. The lowest BCUT2D eigenvalue weighted by Crippen LogP contribution is -2.28. The van der Waals surface area contributed by atoms with Crippen LogP contribution in [0.15, 0.2) is 66.5 Å². The molecule has 0 fully saturated rings. The third kappa shape index (κ3) is 4.75. The summed E-state index contributed by atoms with van der Waals surface area (Å²) in [6.07, 6.45) is 8.26. The topological polar surface area (TPSA) is 46.6 Å². The Morgan fingerprint density at radius 1 is 1.23 bits per heavy atom. The molecule has 31 heavy (non-hydrogen) atoms. The molecular formula is C26H26ClNO3. The van der Waals surface area contributed by atoms with Crippen molar-refractivity contribution in [3.05, 3.63) is 88.2 Å². The zero-order chi connectivity index (χ0) is 22.0. The van der Waals surface area contributed by atoms with Gasteiger partial charge in [0.05, 0.1) is 7.11 Å². The molecule has 2 unspecified atom stereocenters. The van der Waals surface area contributed by atoms with Crippen LogP contribution in [0.25, 0.3) is 0 Å². The van der Waals surface area contributed by atoms with Gasteiger partial charge >= 0.3 is 0 Å². The molecule has 1 aliphatic heterocycles. The number of ether oxygens (including phenoxy) is 1. The van der Waals surface area contributed by atoms with Crippen LogP contribution in [-0.4, -0.2) is 23.6 Å². The van der Waals surface area contributed by atoms with Crippen molar-refractivity contribution in [3.8, 4) is 5.75 Å². The molecule has 160 valence electrons. The SMILES string of the molecule is COc1ccc2c(c1)CCC(CC1C=CN(Cc3cccc(Cl)c3)C=C1C(C)=O)C2=O. The summed E-state index contributed by atoms with van der Waals surface area (Å²) in [6.45, 7) is 2.23. The Hall–Kier alpha value is -2.85. The molecule has 4 rings (SSSR count). The number of Topliss-reactive ketones (excluding diaryl/α,β-unsaturated/α-hetero) is 2. The Kier molecular flexibility index (Phi) is 6.28. The van der Waals surface area contributed by atoms with Crippen molar-refractivity contribution < 1.29 is 14.3 Å². The first-order chi connectivity index (χ1) is 14.9. The van der Waals surface area contributed by atoms with Crippen LogP contribution in [0.5, 0.6) is 5.75 Å². The molecule has 0 N–H and O–H groups in total. The molecule has 2 aromatic rings. The molecule has 0 bridgehead atoms. The molecule has 5 heteroatoms. The molecular weight excluding hydrogens is 410 g/mol. The van der Waals surface area contributed by atoms with Gasteiger partial charge in [-0.2, -0.15) is 0 Å².